The monoisotopic (exact) mass is 281 g/mol. The molecule has 0 aromatic heterocycles. The van der Waals surface area contributed by atoms with E-state index < -0.39 is 12.1 Å². The number of esters is 1. The molecule has 0 saturated carbocycles. The van der Waals surface area contributed by atoms with Crippen molar-refractivity contribution >= 4 is 23.5 Å². The van der Waals surface area contributed by atoms with Crippen LogP contribution < -0.4 is 5.11 Å². The summed E-state index contributed by atoms with van der Waals surface area (Å²) in [6.07, 6.45) is -0.576. The van der Waals surface area contributed by atoms with E-state index in [9.17, 15) is 14.7 Å². The molecule has 1 aliphatic heterocycles. The van der Waals surface area contributed by atoms with Crippen LogP contribution in [-0.4, -0.2) is 67.3 Å². The molecule has 106 valence electrons. The van der Waals surface area contributed by atoms with Crippen molar-refractivity contribution in [1.82, 2.24) is 0 Å². The molecule has 2 atom stereocenters. The predicted octanol–water partition coefficient (Wildman–Crippen LogP) is -1.27. The molecule has 1 saturated heterocycles. The average Bonchev–Trinajstić information content (AvgIpc) is 2.09. The Labute approximate surface area is 112 Å². The van der Waals surface area contributed by atoms with Gasteiger partial charge in [-0.05, 0) is 0 Å². The second-order valence-corrected chi connectivity index (χ2v) is 5.48. The molecular weight excluding hydrogens is 262 g/mol. The normalized spacial score (nSPS) is 20.1. The van der Waals surface area contributed by atoms with E-state index in [-0.39, 0.29) is 18.5 Å². The third-order valence-corrected chi connectivity index (χ3v) is 2.37. The lowest BCUT2D eigenvalue weighted by Gasteiger charge is -2.26. The summed E-state index contributed by atoms with van der Waals surface area (Å²) >= 11 is 5.29. The number of hydrogen-bond acceptors (Lipinski definition) is 5. The van der Waals surface area contributed by atoms with Crippen molar-refractivity contribution in [3.63, 3.8) is 0 Å². The number of carboxylic acid groups (broad SMARTS) is 1. The van der Waals surface area contributed by atoms with Crippen molar-refractivity contribution in [2.75, 3.05) is 33.6 Å². The third-order valence-electron chi connectivity index (χ3n) is 2.03. The number of aliphatic hydroxyl groups is 1. The molecule has 1 fully saturated rings. The van der Waals surface area contributed by atoms with Crippen LogP contribution in [0.2, 0.25) is 0 Å². The summed E-state index contributed by atoms with van der Waals surface area (Å²) in [6, 6.07) is 0. The number of nitrogens with zero attached hydrogens (tertiary/aromatic N) is 1. The number of carbonyl (C=O) groups excluding carboxylic acids is 2. The maximum absolute atomic E-state index is 10.0. The SMILES string of the molecule is C[N+](C)(C)C[C@H](O)CC(=O)[O-].O=C1C[C@H](CCl)O1. The molecule has 6 nitrogen and oxygen atoms in total. The maximum atomic E-state index is 10.0. The molecular formula is C11H20ClNO5. The van der Waals surface area contributed by atoms with Gasteiger partial charge in [0.15, 0.2) is 0 Å². The van der Waals surface area contributed by atoms with Gasteiger partial charge in [-0.3, -0.25) is 4.79 Å². The number of aliphatic hydroxyl groups excluding tert-OH is 1. The molecule has 0 bridgehead atoms. The number of rotatable bonds is 5. The molecule has 1 N–H and O–H groups in total. The van der Waals surface area contributed by atoms with E-state index in [2.05, 4.69) is 4.74 Å². The van der Waals surface area contributed by atoms with Crippen LogP contribution in [0.1, 0.15) is 12.8 Å². The first kappa shape index (κ1) is 17.2. The molecule has 0 radical (unpaired) electrons. The van der Waals surface area contributed by atoms with E-state index in [1.54, 1.807) is 0 Å². The number of halogens is 1. The fourth-order valence-corrected chi connectivity index (χ4v) is 1.51. The lowest BCUT2D eigenvalue weighted by atomic mass is 10.2. The van der Waals surface area contributed by atoms with Crippen LogP contribution >= 0.6 is 11.6 Å². The lowest BCUT2D eigenvalue weighted by molar-refractivity contribution is -0.873. The largest absolute Gasteiger partial charge is 0.550 e. The van der Waals surface area contributed by atoms with Gasteiger partial charge >= 0.3 is 5.97 Å². The van der Waals surface area contributed by atoms with Gasteiger partial charge in [-0.25, -0.2) is 0 Å². The Balaban J connectivity index is 0.000000351. The van der Waals surface area contributed by atoms with Crippen LogP contribution in [0.25, 0.3) is 0 Å². The van der Waals surface area contributed by atoms with E-state index in [1.165, 1.54) is 0 Å². The first-order valence-electron chi connectivity index (χ1n) is 5.58. The number of quaternary nitrogens is 1. The van der Waals surface area contributed by atoms with Gasteiger partial charge in [0.05, 0.1) is 33.4 Å². The number of carbonyl (C=O) groups is 2. The number of carboxylic acids is 1. The van der Waals surface area contributed by atoms with Crippen molar-refractivity contribution in [2.45, 2.75) is 25.0 Å². The van der Waals surface area contributed by atoms with Gasteiger partial charge in [-0.1, -0.05) is 0 Å². The Morgan fingerprint density at radius 3 is 2.33 bits per heavy atom. The van der Waals surface area contributed by atoms with Crippen molar-refractivity contribution in [3.05, 3.63) is 0 Å². The first-order valence-corrected chi connectivity index (χ1v) is 6.11. The molecule has 0 aromatic rings. The Morgan fingerprint density at radius 2 is 2.11 bits per heavy atom. The summed E-state index contributed by atoms with van der Waals surface area (Å²) < 4.78 is 5.07. The Morgan fingerprint density at radius 1 is 1.61 bits per heavy atom. The van der Waals surface area contributed by atoms with Gasteiger partial charge in [0.2, 0.25) is 0 Å². The van der Waals surface area contributed by atoms with E-state index >= 15 is 0 Å². The van der Waals surface area contributed by atoms with Crippen molar-refractivity contribution in [3.8, 4) is 0 Å². The van der Waals surface area contributed by atoms with Crippen LogP contribution in [0.15, 0.2) is 0 Å². The van der Waals surface area contributed by atoms with Gasteiger partial charge in [-0.2, -0.15) is 0 Å². The van der Waals surface area contributed by atoms with Crippen LogP contribution in [0, 0.1) is 0 Å². The quantitative estimate of drug-likeness (QED) is 0.386. The molecule has 0 spiro atoms. The molecule has 0 amide bonds. The van der Waals surface area contributed by atoms with E-state index in [0.717, 1.165) is 0 Å². The highest BCUT2D eigenvalue weighted by atomic mass is 35.5. The highest BCUT2D eigenvalue weighted by Crippen LogP contribution is 2.13. The number of alkyl halides is 1. The zero-order valence-corrected chi connectivity index (χ0v) is 11.6. The molecule has 1 aliphatic rings. The van der Waals surface area contributed by atoms with Crippen molar-refractivity contribution in [2.24, 2.45) is 0 Å². The van der Waals surface area contributed by atoms with Crippen LogP contribution in [-0.2, 0) is 14.3 Å². The summed E-state index contributed by atoms with van der Waals surface area (Å²) in [5, 5.41) is 19.1. The summed E-state index contributed by atoms with van der Waals surface area (Å²) in [6.45, 7) is 0.425. The van der Waals surface area contributed by atoms with Gasteiger partial charge in [0.25, 0.3) is 0 Å². The number of ether oxygens (including phenoxy) is 1. The summed E-state index contributed by atoms with van der Waals surface area (Å²) in [4.78, 5) is 20.0. The fraction of sp³-hybridized carbons (Fsp3) is 0.818. The number of aliphatic carboxylic acids is 1. The van der Waals surface area contributed by atoms with Crippen LogP contribution in [0.5, 0.6) is 0 Å². The van der Waals surface area contributed by atoms with E-state index in [4.69, 9.17) is 16.7 Å². The standard InChI is InChI=1S/C7H15NO3.C4H5ClO2/c1-8(2,3)5-6(9)4-7(10)11;5-2-3-1-4(6)7-3/h6,9H,4-5H2,1-3H3;3H,1-2H2/t6-;3-/m11/s1. The van der Waals surface area contributed by atoms with E-state index in [1.807, 2.05) is 21.1 Å². The highest BCUT2D eigenvalue weighted by molar-refractivity contribution is 6.18. The summed E-state index contributed by atoms with van der Waals surface area (Å²) in [5.74, 6) is -0.900. The number of hydrogen-bond donors (Lipinski definition) is 1. The van der Waals surface area contributed by atoms with Gasteiger partial charge in [-0.15, -0.1) is 11.6 Å². The Hall–Kier alpha value is -0.850. The molecule has 0 aliphatic carbocycles. The van der Waals surface area contributed by atoms with Gasteiger partial charge in [0.1, 0.15) is 18.8 Å². The Kier molecular flexibility index (Phi) is 7.20. The zero-order chi connectivity index (χ0) is 14.3. The number of likely N-dealkylation sites (N-methyl/N-ethyl adjacent to an activating group) is 1. The third kappa shape index (κ3) is 9.21. The summed E-state index contributed by atoms with van der Waals surface area (Å²) in [5.41, 5.74) is 0. The van der Waals surface area contributed by atoms with Gasteiger partial charge < -0.3 is 24.2 Å². The molecule has 7 heteroatoms. The zero-order valence-electron chi connectivity index (χ0n) is 10.9. The topological polar surface area (TPSA) is 86.7 Å². The van der Waals surface area contributed by atoms with Crippen LogP contribution in [0.4, 0.5) is 0 Å². The minimum absolute atomic E-state index is 0.00849. The maximum Gasteiger partial charge on any atom is 0.309 e. The lowest BCUT2D eigenvalue weighted by Crippen LogP contribution is -2.43. The second-order valence-electron chi connectivity index (χ2n) is 5.17. The molecule has 18 heavy (non-hydrogen) atoms. The van der Waals surface area contributed by atoms with E-state index in [0.29, 0.717) is 23.3 Å². The van der Waals surface area contributed by atoms with Crippen molar-refractivity contribution in [1.29, 1.82) is 0 Å². The highest BCUT2D eigenvalue weighted by Gasteiger charge is 2.26. The number of cyclic esters (lactones) is 1. The molecule has 1 rings (SSSR count). The molecule has 1 heterocycles. The first-order chi connectivity index (χ1) is 8.14. The second kappa shape index (κ2) is 7.56. The predicted molar refractivity (Wildman–Crippen MR) is 63.7 cm³/mol. The minimum Gasteiger partial charge on any atom is -0.550 e. The fourth-order valence-electron chi connectivity index (χ4n) is 1.34. The smallest absolute Gasteiger partial charge is 0.309 e. The van der Waals surface area contributed by atoms with Gasteiger partial charge in [0, 0.05) is 12.4 Å². The van der Waals surface area contributed by atoms with Crippen LogP contribution in [0.3, 0.4) is 0 Å². The average molecular weight is 282 g/mol. The minimum atomic E-state index is -1.20. The Bertz CT molecular complexity index is 282. The summed E-state index contributed by atoms with van der Waals surface area (Å²) in [7, 11) is 5.66. The molecule has 0 unspecified atom stereocenters. The van der Waals surface area contributed by atoms with Crippen molar-refractivity contribution < 1.29 is 29.0 Å². The molecule has 0 aromatic carbocycles.